The van der Waals surface area contributed by atoms with Gasteiger partial charge in [-0.25, -0.2) is 4.98 Å². The fourth-order valence-corrected chi connectivity index (χ4v) is 5.48. The third-order valence-electron chi connectivity index (χ3n) is 6.33. The zero-order valence-electron chi connectivity index (χ0n) is 21.0. The molecular formula is C27H26N4O6S. The standard InChI is InChI=1S/C27H26N4O6S/c1-35-22-10-11-23(36-2)25-24(22)28-27(38-25)30(17-18-6-4-3-5-7-18)26(32)19-8-9-20(21(16-19)31(33)34)29-12-14-37-15-13-29/h3-11,16H,12-15,17H2,1-2H3. The average molecular weight is 535 g/mol. The van der Waals surface area contributed by atoms with Gasteiger partial charge in [0.2, 0.25) is 0 Å². The molecule has 4 aromatic rings. The fraction of sp³-hybridized carbons (Fsp3) is 0.259. The van der Waals surface area contributed by atoms with Gasteiger partial charge in [-0.3, -0.25) is 19.8 Å². The summed E-state index contributed by atoms with van der Waals surface area (Å²) in [6.07, 6.45) is 0. The van der Waals surface area contributed by atoms with Crippen LogP contribution in [0.1, 0.15) is 15.9 Å². The highest BCUT2D eigenvalue weighted by Gasteiger charge is 2.28. The minimum absolute atomic E-state index is 0.120. The maximum Gasteiger partial charge on any atom is 0.293 e. The molecule has 1 aliphatic heterocycles. The number of amides is 1. The molecule has 10 nitrogen and oxygen atoms in total. The molecule has 1 fully saturated rings. The summed E-state index contributed by atoms with van der Waals surface area (Å²) in [5.74, 6) is 0.769. The number of morpholine rings is 1. The van der Waals surface area contributed by atoms with Gasteiger partial charge in [-0.1, -0.05) is 41.7 Å². The van der Waals surface area contributed by atoms with Gasteiger partial charge >= 0.3 is 0 Å². The normalized spacial score (nSPS) is 13.4. The number of anilines is 2. The molecule has 1 aliphatic rings. The highest BCUT2D eigenvalue weighted by molar-refractivity contribution is 7.22. The van der Waals surface area contributed by atoms with Crippen molar-refractivity contribution in [2.45, 2.75) is 6.54 Å². The summed E-state index contributed by atoms with van der Waals surface area (Å²) in [7, 11) is 3.13. The average Bonchev–Trinajstić information content (AvgIpc) is 3.41. The van der Waals surface area contributed by atoms with Crippen LogP contribution in [0.3, 0.4) is 0 Å². The van der Waals surface area contributed by atoms with Crippen LogP contribution in [0.15, 0.2) is 60.7 Å². The monoisotopic (exact) mass is 534 g/mol. The van der Waals surface area contributed by atoms with Gasteiger partial charge in [0.05, 0.1) is 38.9 Å². The Bertz CT molecular complexity index is 1430. The van der Waals surface area contributed by atoms with E-state index in [0.29, 0.717) is 54.1 Å². The lowest BCUT2D eigenvalue weighted by Crippen LogP contribution is -2.36. The van der Waals surface area contributed by atoms with Crippen LogP contribution in [0, 0.1) is 10.1 Å². The van der Waals surface area contributed by atoms with Gasteiger partial charge in [0.25, 0.3) is 11.6 Å². The Balaban J connectivity index is 1.59. The van der Waals surface area contributed by atoms with Crippen molar-refractivity contribution in [1.82, 2.24) is 4.98 Å². The molecule has 0 bridgehead atoms. The zero-order valence-corrected chi connectivity index (χ0v) is 21.8. The van der Waals surface area contributed by atoms with Crippen molar-refractivity contribution in [3.8, 4) is 11.5 Å². The Hall–Kier alpha value is -4.22. The van der Waals surface area contributed by atoms with Crippen LogP contribution in [0.25, 0.3) is 10.2 Å². The quantitative estimate of drug-likeness (QED) is 0.232. The van der Waals surface area contributed by atoms with Crippen molar-refractivity contribution in [2.75, 3.05) is 50.3 Å². The number of carbonyl (C=O) groups is 1. The van der Waals surface area contributed by atoms with Crippen LogP contribution in [0.2, 0.25) is 0 Å². The SMILES string of the molecule is COc1ccc(OC)c2sc(N(Cc3ccccc3)C(=O)c3ccc(N4CCOCC4)c([N+](=O)[O-])c3)nc12. The van der Waals surface area contributed by atoms with E-state index in [9.17, 15) is 14.9 Å². The number of hydrogen-bond acceptors (Lipinski definition) is 9. The van der Waals surface area contributed by atoms with Crippen molar-refractivity contribution in [3.63, 3.8) is 0 Å². The van der Waals surface area contributed by atoms with Gasteiger partial charge in [0.15, 0.2) is 5.13 Å². The first-order valence-electron chi connectivity index (χ1n) is 12.0. The molecule has 196 valence electrons. The van der Waals surface area contributed by atoms with Gasteiger partial charge in [-0.15, -0.1) is 0 Å². The number of nitrogens with zero attached hydrogens (tertiary/aromatic N) is 4. The number of nitro groups is 1. The number of benzene rings is 3. The van der Waals surface area contributed by atoms with Crippen molar-refractivity contribution >= 4 is 44.0 Å². The second-order valence-corrected chi connectivity index (χ2v) is 9.56. The van der Waals surface area contributed by atoms with Gasteiger partial charge < -0.3 is 19.1 Å². The van der Waals surface area contributed by atoms with E-state index in [-0.39, 0.29) is 17.8 Å². The number of methoxy groups -OCH3 is 2. The summed E-state index contributed by atoms with van der Waals surface area (Å²) in [6, 6.07) is 17.7. The summed E-state index contributed by atoms with van der Waals surface area (Å²) in [6.45, 7) is 2.30. The molecule has 1 aromatic heterocycles. The molecule has 11 heteroatoms. The number of aromatic nitrogens is 1. The highest BCUT2D eigenvalue weighted by atomic mass is 32.1. The molecule has 1 saturated heterocycles. The lowest BCUT2D eigenvalue weighted by atomic mass is 10.1. The zero-order chi connectivity index (χ0) is 26.6. The van der Waals surface area contributed by atoms with E-state index >= 15 is 0 Å². The predicted molar refractivity (Wildman–Crippen MR) is 146 cm³/mol. The number of rotatable bonds is 8. The largest absolute Gasteiger partial charge is 0.495 e. The third-order valence-corrected chi connectivity index (χ3v) is 7.42. The van der Waals surface area contributed by atoms with Gasteiger partial charge in [0, 0.05) is 24.7 Å². The highest BCUT2D eigenvalue weighted by Crippen LogP contribution is 2.41. The van der Waals surface area contributed by atoms with Gasteiger partial charge in [0.1, 0.15) is 27.4 Å². The maximum absolute atomic E-state index is 14.0. The Kier molecular flexibility index (Phi) is 7.38. The molecule has 0 unspecified atom stereocenters. The van der Waals surface area contributed by atoms with E-state index < -0.39 is 10.8 Å². The Morgan fingerprint density at radius 2 is 1.79 bits per heavy atom. The molecule has 0 aliphatic carbocycles. The molecule has 0 radical (unpaired) electrons. The first kappa shape index (κ1) is 25.4. The minimum atomic E-state index is -0.448. The summed E-state index contributed by atoms with van der Waals surface area (Å²) < 4.78 is 17.1. The van der Waals surface area contributed by atoms with Crippen molar-refractivity contribution in [1.29, 1.82) is 0 Å². The first-order valence-corrected chi connectivity index (χ1v) is 12.8. The number of thiazole rings is 1. The van der Waals surface area contributed by atoms with Crippen LogP contribution in [0.4, 0.5) is 16.5 Å². The smallest absolute Gasteiger partial charge is 0.293 e. The molecule has 38 heavy (non-hydrogen) atoms. The van der Waals surface area contributed by atoms with E-state index in [1.165, 1.54) is 22.3 Å². The van der Waals surface area contributed by atoms with Crippen LogP contribution in [0.5, 0.6) is 11.5 Å². The van der Waals surface area contributed by atoms with Crippen LogP contribution in [-0.4, -0.2) is 56.3 Å². The summed E-state index contributed by atoms with van der Waals surface area (Å²) in [5.41, 5.74) is 2.01. The molecule has 0 atom stereocenters. The third kappa shape index (κ3) is 4.98. The number of ether oxygens (including phenoxy) is 3. The van der Waals surface area contributed by atoms with Gasteiger partial charge in [-0.05, 0) is 29.8 Å². The first-order chi connectivity index (χ1) is 18.5. The Labute approximate surface area is 223 Å². The molecule has 2 heterocycles. The lowest BCUT2D eigenvalue weighted by molar-refractivity contribution is -0.384. The second kappa shape index (κ2) is 11.0. The van der Waals surface area contributed by atoms with Crippen molar-refractivity contribution in [3.05, 3.63) is 81.9 Å². The molecule has 0 N–H and O–H groups in total. The number of fused-ring (bicyclic) bond motifs is 1. The molecular weight excluding hydrogens is 508 g/mol. The molecule has 0 spiro atoms. The molecule has 3 aromatic carbocycles. The summed E-state index contributed by atoms with van der Waals surface area (Å²) in [5, 5.41) is 12.4. The topological polar surface area (TPSA) is 107 Å². The molecule has 0 saturated carbocycles. The van der Waals surface area contributed by atoms with E-state index in [1.807, 2.05) is 35.2 Å². The van der Waals surface area contributed by atoms with E-state index in [2.05, 4.69) is 0 Å². The minimum Gasteiger partial charge on any atom is -0.495 e. The summed E-state index contributed by atoms with van der Waals surface area (Å²) >= 11 is 1.30. The number of hydrogen-bond donors (Lipinski definition) is 0. The van der Waals surface area contributed by atoms with Crippen LogP contribution in [-0.2, 0) is 11.3 Å². The molecule has 5 rings (SSSR count). The Morgan fingerprint density at radius 1 is 1.08 bits per heavy atom. The van der Waals surface area contributed by atoms with E-state index in [0.717, 1.165) is 10.3 Å². The maximum atomic E-state index is 14.0. The Morgan fingerprint density at radius 3 is 2.47 bits per heavy atom. The predicted octanol–water partition coefficient (Wildman–Crippen LogP) is 4.91. The van der Waals surface area contributed by atoms with Crippen molar-refractivity contribution in [2.24, 2.45) is 0 Å². The fourth-order valence-electron chi connectivity index (χ4n) is 4.41. The van der Waals surface area contributed by atoms with E-state index in [4.69, 9.17) is 19.2 Å². The van der Waals surface area contributed by atoms with Gasteiger partial charge in [-0.2, -0.15) is 0 Å². The summed E-state index contributed by atoms with van der Waals surface area (Å²) in [4.78, 5) is 33.7. The lowest BCUT2D eigenvalue weighted by Gasteiger charge is -2.28. The molecule has 1 amide bonds. The van der Waals surface area contributed by atoms with Crippen molar-refractivity contribution < 1.29 is 23.9 Å². The number of nitro benzene ring substituents is 1. The van der Waals surface area contributed by atoms with Crippen LogP contribution < -0.4 is 19.3 Å². The van der Waals surface area contributed by atoms with E-state index in [1.54, 1.807) is 38.5 Å². The second-order valence-electron chi connectivity index (χ2n) is 8.58. The number of carbonyl (C=O) groups excluding carboxylic acids is 1. The van der Waals surface area contributed by atoms with Crippen LogP contribution >= 0.6 is 11.3 Å².